The summed E-state index contributed by atoms with van der Waals surface area (Å²) in [6.45, 7) is 3.01. The number of halogens is 1. The van der Waals surface area contributed by atoms with Gasteiger partial charge < -0.3 is 20.3 Å². The highest BCUT2D eigenvalue weighted by Gasteiger charge is 2.15. The van der Waals surface area contributed by atoms with Crippen LogP contribution in [0.3, 0.4) is 0 Å². The van der Waals surface area contributed by atoms with Crippen LogP contribution in [-0.2, 0) is 9.59 Å². The minimum Gasteiger partial charge on any atom is -0.489 e. The van der Waals surface area contributed by atoms with E-state index in [1.54, 1.807) is 25.2 Å². The fourth-order valence-electron chi connectivity index (χ4n) is 2.48. The highest BCUT2D eigenvalue weighted by molar-refractivity contribution is 5.99. The zero-order valence-corrected chi connectivity index (χ0v) is 15.9. The van der Waals surface area contributed by atoms with Crippen LogP contribution in [0.25, 0.3) is 0 Å². The van der Waals surface area contributed by atoms with Crippen molar-refractivity contribution in [2.24, 2.45) is 0 Å². The summed E-state index contributed by atoms with van der Waals surface area (Å²) in [5.74, 6) is -1.30. The third kappa shape index (κ3) is 6.08. The minimum absolute atomic E-state index is 0.104. The van der Waals surface area contributed by atoms with Gasteiger partial charge in [-0.2, -0.15) is 0 Å². The van der Waals surface area contributed by atoms with Crippen molar-refractivity contribution in [2.45, 2.75) is 13.8 Å². The zero-order valence-electron chi connectivity index (χ0n) is 15.9. The first-order valence-corrected chi connectivity index (χ1v) is 8.59. The minimum atomic E-state index is -0.473. The van der Waals surface area contributed by atoms with Crippen LogP contribution in [0, 0.1) is 5.82 Å². The van der Waals surface area contributed by atoms with Crippen LogP contribution >= 0.6 is 0 Å². The second-order valence-electron chi connectivity index (χ2n) is 6.17. The van der Waals surface area contributed by atoms with E-state index in [4.69, 9.17) is 4.74 Å². The molecule has 3 amide bonds. The topological polar surface area (TPSA) is 87.7 Å². The van der Waals surface area contributed by atoms with Crippen LogP contribution in [0.4, 0.5) is 15.8 Å². The first-order valence-electron chi connectivity index (χ1n) is 8.59. The highest BCUT2D eigenvalue weighted by Crippen LogP contribution is 2.21. The normalized spacial score (nSPS) is 10.1. The molecule has 28 heavy (non-hydrogen) atoms. The molecule has 148 valence electrons. The summed E-state index contributed by atoms with van der Waals surface area (Å²) in [5.41, 5.74) is 1.06. The molecule has 0 aliphatic carbocycles. The Kier molecular flexibility index (Phi) is 7.08. The molecule has 0 spiro atoms. The van der Waals surface area contributed by atoms with Crippen LogP contribution in [0.5, 0.6) is 5.75 Å². The van der Waals surface area contributed by atoms with Gasteiger partial charge in [0.2, 0.25) is 11.8 Å². The Morgan fingerprint density at radius 3 is 2.11 bits per heavy atom. The molecule has 0 atom stereocenters. The molecule has 0 aliphatic heterocycles. The lowest BCUT2D eigenvalue weighted by molar-refractivity contribution is -0.115. The molecule has 0 fully saturated rings. The molecule has 7 nitrogen and oxygen atoms in total. The third-order valence-electron chi connectivity index (χ3n) is 3.69. The van der Waals surface area contributed by atoms with Gasteiger partial charge in [-0.3, -0.25) is 14.4 Å². The van der Waals surface area contributed by atoms with Crippen LogP contribution in [0.15, 0.2) is 42.5 Å². The van der Waals surface area contributed by atoms with Crippen molar-refractivity contribution in [3.05, 3.63) is 53.8 Å². The largest absolute Gasteiger partial charge is 0.489 e. The maximum atomic E-state index is 13.6. The summed E-state index contributed by atoms with van der Waals surface area (Å²) in [5, 5.41) is 5.19. The number of benzene rings is 2. The molecule has 8 heteroatoms. The fraction of sp³-hybridized carbons (Fsp3) is 0.250. The molecule has 0 aromatic heterocycles. The van der Waals surface area contributed by atoms with E-state index >= 15 is 0 Å². The van der Waals surface area contributed by atoms with Crippen LogP contribution in [0.1, 0.15) is 24.2 Å². The molecule has 2 aromatic carbocycles. The number of hydrogen-bond acceptors (Lipinski definition) is 4. The van der Waals surface area contributed by atoms with Crippen LogP contribution in [0.2, 0.25) is 0 Å². The number of ether oxygens (including phenoxy) is 1. The molecular formula is C20H22FN3O4. The van der Waals surface area contributed by atoms with Gasteiger partial charge in [-0.15, -0.1) is 0 Å². The van der Waals surface area contributed by atoms with E-state index < -0.39 is 5.82 Å². The quantitative estimate of drug-likeness (QED) is 0.765. The summed E-state index contributed by atoms with van der Waals surface area (Å²) < 4.78 is 18.9. The molecule has 0 unspecified atom stereocenters. The number of likely N-dealkylation sites (N-methyl/N-ethyl adjacent to an activating group) is 1. The fourth-order valence-corrected chi connectivity index (χ4v) is 2.48. The number of rotatable bonds is 7. The van der Waals surface area contributed by atoms with Gasteiger partial charge >= 0.3 is 0 Å². The molecule has 0 bridgehead atoms. The van der Waals surface area contributed by atoms with E-state index in [0.717, 1.165) is 0 Å². The van der Waals surface area contributed by atoms with Gasteiger partial charge in [-0.1, -0.05) is 12.1 Å². The molecule has 0 aliphatic rings. The van der Waals surface area contributed by atoms with Gasteiger partial charge in [-0.25, -0.2) is 4.39 Å². The summed E-state index contributed by atoms with van der Waals surface area (Å²) in [7, 11) is 1.58. The van der Waals surface area contributed by atoms with Crippen molar-refractivity contribution in [1.29, 1.82) is 0 Å². The average molecular weight is 387 g/mol. The monoisotopic (exact) mass is 387 g/mol. The van der Waals surface area contributed by atoms with Gasteiger partial charge in [-0.05, 0) is 30.3 Å². The first kappa shape index (κ1) is 20.9. The maximum Gasteiger partial charge on any atom is 0.253 e. The summed E-state index contributed by atoms with van der Waals surface area (Å²) in [6.07, 6.45) is 0. The Balaban J connectivity index is 2.08. The van der Waals surface area contributed by atoms with Crippen molar-refractivity contribution in [3.63, 3.8) is 0 Å². The Morgan fingerprint density at radius 2 is 1.57 bits per heavy atom. The standard InChI is InChI=1S/C20H22FN3O4/c1-13(25)22-16-10-15(11-17(12-16)23-14(2)26)20(27)24(3)8-9-28-19-7-5-4-6-18(19)21/h4-7,10-12H,8-9H2,1-3H3,(H,22,25)(H,23,26). The number of amides is 3. The average Bonchev–Trinajstić information content (AvgIpc) is 2.61. The Hall–Kier alpha value is -3.42. The van der Waals surface area contributed by atoms with Crippen molar-refractivity contribution in [2.75, 3.05) is 30.8 Å². The molecule has 2 aromatic rings. The third-order valence-corrected chi connectivity index (χ3v) is 3.69. The summed E-state index contributed by atoms with van der Waals surface area (Å²) >= 11 is 0. The van der Waals surface area contributed by atoms with Gasteiger partial charge in [0.05, 0.1) is 6.54 Å². The number of anilines is 2. The van der Waals surface area contributed by atoms with E-state index in [-0.39, 0.29) is 42.2 Å². The zero-order chi connectivity index (χ0) is 20.7. The molecule has 0 saturated heterocycles. The van der Waals surface area contributed by atoms with Gasteiger partial charge in [0.1, 0.15) is 6.61 Å². The number of nitrogens with zero attached hydrogens (tertiary/aromatic N) is 1. The van der Waals surface area contributed by atoms with E-state index in [0.29, 0.717) is 11.4 Å². The molecule has 0 radical (unpaired) electrons. The summed E-state index contributed by atoms with van der Waals surface area (Å²) in [6, 6.07) is 10.6. The molecule has 0 heterocycles. The predicted molar refractivity (Wildman–Crippen MR) is 104 cm³/mol. The van der Waals surface area contributed by atoms with E-state index in [9.17, 15) is 18.8 Å². The second kappa shape index (κ2) is 9.50. The van der Waals surface area contributed by atoms with Gasteiger partial charge in [0, 0.05) is 37.8 Å². The SMILES string of the molecule is CC(=O)Nc1cc(NC(C)=O)cc(C(=O)N(C)CCOc2ccccc2F)c1. The van der Waals surface area contributed by atoms with Crippen molar-refractivity contribution in [1.82, 2.24) is 4.90 Å². The van der Waals surface area contributed by atoms with Gasteiger partial charge in [0.25, 0.3) is 5.91 Å². The van der Waals surface area contributed by atoms with Crippen LogP contribution in [-0.4, -0.2) is 42.8 Å². The summed E-state index contributed by atoms with van der Waals surface area (Å²) in [4.78, 5) is 36.8. The van der Waals surface area contributed by atoms with Crippen molar-refractivity contribution in [3.8, 4) is 5.75 Å². The smallest absolute Gasteiger partial charge is 0.253 e. The van der Waals surface area contributed by atoms with Gasteiger partial charge in [0.15, 0.2) is 11.6 Å². The highest BCUT2D eigenvalue weighted by atomic mass is 19.1. The molecule has 0 saturated carbocycles. The lowest BCUT2D eigenvalue weighted by atomic mass is 10.1. The Morgan fingerprint density at radius 1 is 1.00 bits per heavy atom. The lowest BCUT2D eigenvalue weighted by Crippen LogP contribution is -2.31. The Bertz CT molecular complexity index is 851. The van der Waals surface area contributed by atoms with E-state index in [1.807, 2.05) is 0 Å². The van der Waals surface area contributed by atoms with E-state index in [1.165, 1.54) is 43.0 Å². The lowest BCUT2D eigenvalue weighted by Gasteiger charge is -2.19. The number of hydrogen-bond donors (Lipinski definition) is 2. The van der Waals surface area contributed by atoms with E-state index in [2.05, 4.69) is 10.6 Å². The first-order chi connectivity index (χ1) is 13.3. The number of para-hydroxylation sites is 1. The number of nitrogens with one attached hydrogen (secondary N) is 2. The second-order valence-corrected chi connectivity index (χ2v) is 6.17. The van der Waals surface area contributed by atoms with Crippen molar-refractivity contribution < 1.29 is 23.5 Å². The van der Waals surface area contributed by atoms with Crippen molar-refractivity contribution >= 4 is 29.1 Å². The molecular weight excluding hydrogens is 365 g/mol. The van der Waals surface area contributed by atoms with Crippen LogP contribution < -0.4 is 15.4 Å². The predicted octanol–water partition coefficient (Wildman–Crippen LogP) is 2.89. The molecule has 2 rings (SSSR count). The number of carbonyl (C=O) groups excluding carboxylic acids is 3. The number of carbonyl (C=O) groups is 3. The molecule has 2 N–H and O–H groups in total. The Labute approximate surface area is 162 Å². The maximum absolute atomic E-state index is 13.6.